The predicted octanol–water partition coefficient (Wildman–Crippen LogP) is 3.04. The molecule has 1 atom stereocenters. The highest BCUT2D eigenvalue weighted by Crippen LogP contribution is 2.22. The number of sulfonamides is 1. The quantitative estimate of drug-likeness (QED) is 0.645. The van der Waals surface area contributed by atoms with Gasteiger partial charge in [-0.25, -0.2) is 8.42 Å². The molecule has 0 spiro atoms. The zero-order valence-corrected chi connectivity index (χ0v) is 18.5. The van der Waals surface area contributed by atoms with E-state index in [0.29, 0.717) is 36.2 Å². The molecule has 30 heavy (non-hydrogen) atoms. The van der Waals surface area contributed by atoms with E-state index in [1.54, 1.807) is 60.4 Å². The van der Waals surface area contributed by atoms with Crippen LogP contribution in [0.2, 0.25) is 5.02 Å². The molecule has 0 radical (unpaired) electrons. The van der Waals surface area contributed by atoms with Crippen LogP contribution in [0.4, 0.5) is 0 Å². The molecular formula is C21H25ClN2O5S. The minimum Gasteiger partial charge on any atom is -0.494 e. The van der Waals surface area contributed by atoms with E-state index in [9.17, 15) is 13.2 Å². The van der Waals surface area contributed by atoms with Crippen LogP contribution < -0.4 is 9.47 Å². The molecule has 1 fully saturated rings. The van der Waals surface area contributed by atoms with Crippen molar-refractivity contribution in [3.63, 3.8) is 0 Å². The Labute approximate surface area is 182 Å². The first-order valence-corrected chi connectivity index (χ1v) is 11.6. The first kappa shape index (κ1) is 22.4. The molecule has 1 aliphatic heterocycles. The minimum absolute atomic E-state index is 0.178. The van der Waals surface area contributed by atoms with E-state index in [1.165, 1.54) is 4.31 Å². The Balaban J connectivity index is 1.57. The Morgan fingerprint density at radius 1 is 1.00 bits per heavy atom. The molecule has 3 rings (SSSR count). The van der Waals surface area contributed by atoms with Gasteiger partial charge < -0.3 is 14.4 Å². The number of benzene rings is 2. The molecule has 0 saturated carbocycles. The van der Waals surface area contributed by atoms with Gasteiger partial charge in [-0.3, -0.25) is 4.79 Å². The average Bonchev–Trinajstić information content (AvgIpc) is 2.75. The van der Waals surface area contributed by atoms with Gasteiger partial charge in [-0.1, -0.05) is 11.6 Å². The van der Waals surface area contributed by atoms with Crippen molar-refractivity contribution in [3.05, 3.63) is 53.6 Å². The van der Waals surface area contributed by atoms with E-state index in [4.69, 9.17) is 21.1 Å². The smallest absolute Gasteiger partial charge is 0.263 e. The lowest BCUT2D eigenvalue weighted by Crippen LogP contribution is -2.53. The SMILES string of the molecule is CCOc1ccc(S(=O)(=O)N2CCN(C(=O)[C@H](C)Oc3ccc(Cl)cc3)CC2)cc1. The predicted molar refractivity (Wildman–Crippen MR) is 114 cm³/mol. The zero-order valence-electron chi connectivity index (χ0n) is 17.0. The molecule has 1 aliphatic rings. The van der Waals surface area contributed by atoms with Crippen LogP contribution in [0.5, 0.6) is 11.5 Å². The molecule has 9 heteroatoms. The maximum atomic E-state index is 12.9. The number of piperazine rings is 1. The van der Waals surface area contributed by atoms with Crippen molar-refractivity contribution in [2.75, 3.05) is 32.8 Å². The van der Waals surface area contributed by atoms with E-state index >= 15 is 0 Å². The van der Waals surface area contributed by atoms with Crippen LogP contribution in [0.1, 0.15) is 13.8 Å². The monoisotopic (exact) mass is 452 g/mol. The number of nitrogens with zero attached hydrogens (tertiary/aromatic N) is 2. The van der Waals surface area contributed by atoms with E-state index in [-0.39, 0.29) is 23.9 Å². The minimum atomic E-state index is -3.62. The van der Waals surface area contributed by atoms with Crippen LogP contribution in [-0.4, -0.2) is 62.4 Å². The maximum absolute atomic E-state index is 12.9. The number of rotatable bonds is 7. The molecule has 1 amide bonds. The van der Waals surface area contributed by atoms with Crippen molar-refractivity contribution in [1.82, 2.24) is 9.21 Å². The van der Waals surface area contributed by atoms with Crippen LogP contribution in [0.15, 0.2) is 53.4 Å². The van der Waals surface area contributed by atoms with Gasteiger partial charge in [0.2, 0.25) is 10.0 Å². The van der Waals surface area contributed by atoms with Crippen molar-refractivity contribution in [2.24, 2.45) is 0 Å². The summed E-state index contributed by atoms with van der Waals surface area (Å²) >= 11 is 5.86. The summed E-state index contributed by atoms with van der Waals surface area (Å²) in [6.07, 6.45) is -0.680. The number of carbonyl (C=O) groups is 1. The van der Waals surface area contributed by atoms with E-state index in [0.717, 1.165) is 0 Å². The summed E-state index contributed by atoms with van der Waals surface area (Å²) in [5.74, 6) is 1.00. The first-order chi connectivity index (χ1) is 14.3. The lowest BCUT2D eigenvalue weighted by molar-refractivity contribution is -0.139. The number of carbonyl (C=O) groups excluding carboxylic acids is 1. The van der Waals surface area contributed by atoms with Crippen LogP contribution in [0.25, 0.3) is 0 Å². The summed E-state index contributed by atoms with van der Waals surface area (Å²) in [6, 6.07) is 13.2. The van der Waals surface area contributed by atoms with Gasteiger partial charge in [0, 0.05) is 31.2 Å². The molecule has 0 bridgehead atoms. The van der Waals surface area contributed by atoms with Gasteiger partial charge >= 0.3 is 0 Å². The highest BCUT2D eigenvalue weighted by molar-refractivity contribution is 7.89. The fourth-order valence-corrected chi connectivity index (χ4v) is 4.75. The molecule has 7 nitrogen and oxygen atoms in total. The average molecular weight is 453 g/mol. The normalized spacial score (nSPS) is 16.2. The number of amides is 1. The molecule has 162 valence electrons. The largest absolute Gasteiger partial charge is 0.494 e. The standard InChI is InChI=1S/C21H25ClN2O5S/c1-3-28-18-8-10-20(11-9-18)30(26,27)24-14-12-23(13-15-24)21(25)16(2)29-19-6-4-17(22)5-7-19/h4-11,16H,3,12-15H2,1-2H3/t16-/m0/s1. The number of halogens is 1. The Morgan fingerprint density at radius 3 is 2.13 bits per heavy atom. The Morgan fingerprint density at radius 2 is 1.57 bits per heavy atom. The molecular weight excluding hydrogens is 428 g/mol. The van der Waals surface area contributed by atoms with Gasteiger partial charge in [0.15, 0.2) is 6.10 Å². The van der Waals surface area contributed by atoms with Crippen LogP contribution in [0.3, 0.4) is 0 Å². The van der Waals surface area contributed by atoms with Crippen molar-refractivity contribution >= 4 is 27.5 Å². The third kappa shape index (κ3) is 5.24. The van der Waals surface area contributed by atoms with Gasteiger partial charge in [-0.15, -0.1) is 0 Å². The first-order valence-electron chi connectivity index (χ1n) is 9.75. The third-order valence-electron chi connectivity index (χ3n) is 4.80. The summed E-state index contributed by atoms with van der Waals surface area (Å²) in [4.78, 5) is 14.5. The van der Waals surface area contributed by atoms with Gasteiger partial charge in [0.25, 0.3) is 5.91 Å². The molecule has 0 aromatic heterocycles. The fraction of sp³-hybridized carbons (Fsp3) is 0.381. The summed E-state index contributed by atoms with van der Waals surface area (Å²) in [6.45, 7) is 5.14. The Kier molecular flexibility index (Phi) is 7.23. The summed E-state index contributed by atoms with van der Waals surface area (Å²) in [5.41, 5.74) is 0. The Hall–Kier alpha value is -2.29. The topological polar surface area (TPSA) is 76.2 Å². The van der Waals surface area contributed by atoms with Crippen LogP contribution >= 0.6 is 11.6 Å². The second-order valence-corrected chi connectivity index (χ2v) is 9.22. The second kappa shape index (κ2) is 9.68. The zero-order chi connectivity index (χ0) is 21.7. The number of hydrogen-bond donors (Lipinski definition) is 0. The number of hydrogen-bond acceptors (Lipinski definition) is 5. The van der Waals surface area contributed by atoms with Crippen molar-refractivity contribution in [2.45, 2.75) is 24.8 Å². The summed E-state index contributed by atoms with van der Waals surface area (Å²) < 4.78 is 38.2. The van der Waals surface area contributed by atoms with E-state index in [2.05, 4.69) is 0 Å². The van der Waals surface area contributed by atoms with Gasteiger partial charge in [-0.05, 0) is 62.4 Å². The van der Waals surface area contributed by atoms with Gasteiger partial charge in [-0.2, -0.15) is 4.31 Å². The molecule has 1 saturated heterocycles. The van der Waals surface area contributed by atoms with Crippen molar-refractivity contribution in [1.29, 1.82) is 0 Å². The summed E-state index contributed by atoms with van der Waals surface area (Å²) in [7, 11) is -3.62. The second-order valence-electron chi connectivity index (χ2n) is 6.85. The lowest BCUT2D eigenvalue weighted by Gasteiger charge is -2.35. The maximum Gasteiger partial charge on any atom is 0.263 e. The molecule has 0 N–H and O–H groups in total. The van der Waals surface area contributed by atoms with E-state index < -0.39 is 16.1 Å². The molecule has 0 unspecified atom stereocenters. The summed E-state index contributed by atoms with van der Waals surface area (Å²) in [5, 5.41) is 0.589. The van der Waals surface area contributed by atoms with Crippen LogP contribution in [0, 0.1) is 0 Å². The highest BCUT2D eigenvalue weighted by Gasteiger charge is 2.32. The van der Waals surface area contributed by atoms with Crippen molar-refractivity contribution < 1.29 is 22.7 Å². The lowest BCUT2D eigenvalue weighted by atomic mass is 10.2. The van der Waals surface area contributed by atoms with Crippen molar-refractivity contribution in [3.8, 4) is 11.5 Å². The highest BCUT2D eigenvalue weighted by atomic mass is 35.5. The third-order valence-corrected chi connectivity index (χ3v) is 6.96. The fourth-order valence-electron chi connectivity index (χ4n) is 3.20. The van der Waals surface area contributed by atoms with Gasteiger partial charge in [0.1, 0.15) is 11.5 Å². The molecule has 0 aliphatic carbocycles. The molecule has 2 aromatic carbocycles. The van der Waals surface area contributed by atoms with Crippen LogP contribution in [-0.2, 0) is 14.8 Å². The van der Waals surface area contributed by atoms with E-state index in [1.807, 2.05) is 6.92 Å². The Bertz CT molecular complexity index is 956. The molecule has 1 heterocycles. The molecule has 2 aromatic rings. The van der Waals surface area contributed by atoms with Gasteiger partial charge in [0.05, 0.1) is 11.5 Å². The number of ether oxygens (including phenoxy) is 2.